The lowest BCUT2D eigenvalue weighted by molar-refractivity contribution is -0.119. The lowest BCUT2D eigenvalue weighted by atomic mass is 9.76. The summed E-state index contributed by atoms with van der Waals surface area (Å²) in [6.45, 7) is 3.62. The van der Waals surface area contributed by atoms with E-state index in [2.05, 4.69) is 35.6 Å². The van der Waals surface area contributed by atoms with Crippen LogP contribution in [0.4, 0.5) is 0 Å². The molecule has 0 radical (unpaired) electrons. The lowest BCUT2D eigenvalue weighted by Gasteiger charge is -2.32. The van der Waals surface area contributed by atoms with Crippen molar-refractivity contribution in [2.75, 3.05) is 0 Å². The van der Waals surface area contributed by atoms with Crippen molar-refractivity contribution < 1.29 is 4.79 Å². The first-order valence-corrected chi connectivity index (χ1v) is 8.06. The van der Waals surface area contributed by atoms with Gasteiger partial charge in [0.2, 0.25) is 5.91 Å². The SMILES string of the molecule is CC(=O)N[C@@H]1CC[C@@H](c2ccc(Cl)c(C)c2)c2ccccc21. The third kappa shape index (κ3) is 2.89. The average molecular weight is 314 g/mol. The van der Waals surface area contributed by atoms with Crippen LogP contribution in [0.3, 0.4) is 0 Å². The van der Waals surface area contributed by atoms with E-state index in [1.165, 1.54) is 16.7 Å². The van der Waals surface area contributed by atoms with Gasteiger partial charge in [-0.15, -0.1) is 0 Å². The molecular formula is C19H20ClNO. The summed E-state index contributed by atoms with van der Waals surface area (Å²) < 4.78 is 0. The second-order valence-electron chi connectivity index (χ2n) is 6.02. The lowest BCUT2D eigenvalue weighted by Crippen LogP contribution is -2.30. The van der Waals surface area contributed by atoms with E-state index in [4.69, 9.17) is 11.6 Å². The fourth-order valence-electron chi connectivity index (χ4n) is 3.42. The molecule has 114 valence electrons. The van der Waals surface area contributed by atoms with Crippen molar-refractivity contribution in [2.24, 2.45) is 0 Å². The van der Waals surface area contributed by atoms with Gasteiger partial charge in [0.25, 0.3) is 0 Å². The van der Waals surface area contributed by atoms with Crippen molar-refractivity contribution in [1.29, 1.82) is 0 Å². The van der Waals surface area contributed by atoms with Crippen LogP contribution in [0.15, 0.2) is 42.5 Å². The van der Waals surface area contributed by atoms with Gasteiger partial charge in [-0.3, -0.25) is 4.79 Å². The van der Waals surface area contributed by atoms with Crippen LogP contribution in [0, 0.1) is 6.92 Å². The molecule has 0 unspecified atom stereocenters. The Morgan fingerprint density at radius 2 is 1.86 bits per heavy atom. The molecular weight excluding hydrogens is 294 g/mol. The van der Waals surface area contributed by atoms with Crippen molar-refractivity contribution >= 4 is 17.5 Å². The van der Waals surface area contributed by atoms with E-state index in [0.29, 0.717) is 5.92 Å². The maximum Gasteiger partial charge on any atom is 0.217 e. The molecule has 1 amide bonds. The number of rotatable bonds is 2. The number of amides is 1. The van der Waals surface area contributed by atoms with E-state index >= 15 is 0 Å². The van der Waals surface area contributed by atoms with Crippen molar-refractivity contribution in [1.82, 2.24) is 5.32 Å². The normalized spacial score (nSPS) is 20.3. The number of carbonyl (C=O) groups is 1. The van der Waals surface area contributed by atoms with E-state index in [9.17, 15) is 4.79 Å². The molecule has 0 aromatic heterocycles. The highest BCUT2D eigenvalue weighted by atomic mass is 35.5. The summed E-state index contributed by atoms with van der Waals surface area (Å²) in [7, 11) is 0. The van der Waals surface area contributed by atoms with Gasteiger partial charge in [-0.2, -0.15) is 0 Å². The van der Waals surface area contributed by atoms with Gasteiger partial charge < -0.3 is 5.32 Å². The van der Waals surface area contributed by atoms with Crippen LogP contribution >= 0.6 is 11.6 Å². The van der Waals surface area contributed by atoms with Crippen molar-refractivity contribution in [2.45, 2.75) is 38.6 Å². The second-order valence-corrected chi connectivity index (χ2v) is 6.43. The van der Waals surface area contributed by atoms with E-state index in [0.717, 1.165) is 23.4 Å². The largest absolute Gasteiger partial charge is 0.350 e. The molecule has 0 bridgehead atoms. The number of fused-ring (bicyclic) bond motifs is 1. The Hall–Kier alpha value is -1.80. The second kappa shape index (κ2) is 6.13. The molecule has 2 aromatic carbocycles. The smallest absolute Gasteiger partial charge is 0.217 e. The van der Waals surface area contributed by atoms with E-state index in [-0.39, 0.29) is 11.9 Å². The maximum absolute atomic E-state index is 11.4. The van der Waals surface area contributed by atoms with Gasteiger partial charge in [-0.1, -0.05) is 48.0 Å². The molecule has 0 spiro atoms. The Labute approximate surface area is 136 Å². The topological polar surface area (TPSA) is 29.1 Å². The molecule has 1 aliphatic carbocycles. The van der Waals surface area contributed by atoms with Crippen LogP contribution in [-0.2, 0) is 4.79 Å². The Bertz CT molecular complexity index is 710. The monoisotopic (exact) mass is 313 g/mol. The molecule has 2 nitrogen and oxygen atoms in total. The third-order valence-electron chi connectivity index (χ3n) is 4.45. The molecule has 0 saturated heterocycles. The number of halogens is 1. The number of nitrogens with one attached hydrogen (secondary N) is 1. The quantitative estimate of drug-likeness (QED) is 0.851. The number of benzene rings is 2. The molecule has 0 heterocycles. The highest BCUT2D eigenvalue weighted by molar-refractivity contribution is 6.31. The molecule has 0 fully saturated rings. The average Bonchev–Trinajstić information content (AvgIpc) is 2.50. The fraction of sp³-hybridized carbons (Fsp3) is 0.316. The van der Waals surface area contributed by atoms with Crippen LogP contribution in [0.25, 0.3) is 0 Å². The minimum atomic E-state index is 0.0283. The van der Waals surface area contributed by atoms with Gasteiger partial charge >= 0.3 is 0 Å². The van der Waals surface area contributed by atoms with Crippen LogP contribution in [0.2, 0.25) is 5.02 Å². The van der Waals surface area contributed by atoms with Gasteiger partial charge in [-0.25, -0.2) is 0 Å². The first-order chi connectivity index (χ1) is 10.6. The molecule has 0 saturated carbocycles. The first-order valence-electron chi connectivity index (χ1n) is 7.68. The summed E-state index contributed by atoms with van der Waals surface area (Å²) >= 11 is 6.15. The van der Waals surface area contributed by atoms with E-state index < -0.39 is 0 Å². The predicted octanol–water partition coefficient (Wildman–Crippen LogP) is 4.75. The number of hydrogen-bond acceptors (Lipinski definition) is 1. The number of aryl methyl sites for hydroxylation is 1. The zero-order valence-electron chi connectivity index (χ0n) is 12.9. The molecule has 3 heteroatoms. The van der Waals surface area contributed by atoms with Gasteiger partial charge in [-0.05, 0) is 48.1 Å². The number of carbonyl (C=O) groups excluding carboxylic acids is 1. The zero-order valence-corrected chi connectivity index (χ0v) is 13.7. The van der Waals surface area contributed by atoms with Crippen molar-refractivity contribution in [3.8, 4) is 0 Å². The van der Waals surface area contributed by atoms with Gasteiger partial charge in [0.1, 0.15) is 0 Å². The van der Waals surface area contributed by atoms with Crippen molar-refractivity contribution in [3.05, 3.63) is 69.7 Å². The molecule has 2 atom stereocenters. The minimum Gasteiger partial charge on any atom is -0.350 e. The predicted molar refractivity (Wildman–Crippen MR) is 90.3 cm³/mol. The van der Waals surface area contributed by atoms with Crippen LogP contribution in [0.1, 0.15) is 54.0 Å². The molecule has 0 aliphatic heterocycles. The van der Waals surface area contributed by atoms with E-state index in [1.807, 2.05) is 19.1 Å². The highest BCUT2D eigenvalue weighted by Gasteiger charge is 2.28. The third-order valence-corrected chi connectivity index (χ3v) is 4.88. The summed E-state index contributed by atoms with van der Waals surface area (Å²) in [4.78, 5) is 11.4. The molecule has 22 heavy (non-hydrogen) atoms. The Morgan fingerprint density at radius 1 is 1.14 bits per heavy atom. The summed E-state index contributed by atoms with van der Waals surface area (Å²) in [5.41, 5.74) is 4.96. The van der Waals surface area contributed by atoms with Crippen molar-refractivity contribution in [3.63, 3.8) is 0 Å². The maximum atomic E-state index is 11.4. The number of hydrogen-bond donors (Lipinski definition) is 1. The minimum absolute atomic E-state index is 0.0283. The highest BCUT2D eigenvalue weighted by Crippen LogP contribution is 2.41. The van der Waals surface area contributed by atoms with Gasteiger partial charge in [0.05, 0.1) is 6.04 Å². The fourth-order valence-corrected chi connectivity index (χ4v) is 3.53. The summed E-state index contributed by atoms with van der Waals surface area (Å²) in [6.07, 6.45) is 1.99. The molecule has 1 N–H and O–H groups in total. The Kier molecular flexibility index (Phi) is 4.21. The summed E-state index contributed by atoms with van der Waals surface area (Å²) in [6, 6.07) is 14.8. The zero-order chi connectivity index (χ0) is 15.7. The molecule has 3 rings (SSSR count). The Balaban J connectivity index is 2.00. The van der Waals surface area contributed by atoms with Gasteiger partial charge in [0, 0.05) is 17.9 Å². The van der Waals surface area contributed by atoms with Gasteiger partial charge in [0.15, 0.2) is 0 Å². The summed E-state index contributed by atoms with van der Waals surface area (Å²) in [5, 5.41) is 3.88. The summed E-state index contributed by atoms with van der Waals surface area (Å²) in [5.74, 6) is 0.401. The molecule has 1 aliphatic rings. The van der Waals surface area contributed by atoms with Crippen LogP contribution in [0.5, 0.6) is 0 Å². The van der Waals surface area contributed by atoms with Crippen LogP contribution < -0.4 is 5.32 Å². The first kappa shape index (κ1) is 15.1. The van der Waals surface area contributed by atoms with Crippen LogP contribution in [-0.4, -0.2) is 5.91 Å². The Morgan fingerprint density at radius 3 is 2.55 bits per heavy atom. The standard InChI is InChI=1S/C19H20ClNO/c1-12-11-14(7-9-18(12)20)15-8-10-19(21-13(2)22)17-6-4-3-5-16(15)17/h3-7,9,11,15,19H,8,10H2,1-2H3,(H,21,22)/t15-,19+/m0/s1. The van der Waals surface area contributed by atoms with E-state index in [1.54, 1.807) is 6.92 Å². The molecule has 2 aromatic rings.